The Balaban J connectivity index is 1.29. The molecule has 0 spiro atoms. The highest BCUT2D eigenvalue weighted by molar-refractivity contribution is 9.10. The quantitative estimate of drug-likeness (QED) is 0.203. The van der Waals surface area contributed by atoms with E-state index in [9.17, 15) is 4.79 Å². The number of hydrogen-bond donors (Lipinski definition) is 2. The van der Waals surface area contributed by atoms with Gasteiger partial charge in [0.25, 0.3) is 0 Å². The Morgan fingerprint density at radius 3 is 2.64 bits per heavy atom. The third-order valence-corrected chi connectivity index (χ3v) is 7.86. The fourth-order valence-electron chi connectivity index (χ4n) is 5.23. The molecular formula is C31H26BrN5OS. The van der Waals surface area contributed by atoms with E-state index >= 15 is 0 Å². The second-order valence-corrected chi connectivity index (χ2v) is 10.7. The number of benzene rings is 3. The van der Waals surface area contributed by atoms with Gasteiger partial charge in [-0.05, 0) is 66.1 Å². The van der Waals surface area contributed by atoms with E-state index in [0.717, 1.165) is 38.0 Å². The summed E-state index contributed by atoms with van der Waals surface area (Å²) in [5.41, 5.74) is 3.81. The summed E-state index contributed by atoms with van der Waals surface area (Å²) in [6.07, 6.45) is 4.14. The van der Waals surface area contributed by atoms with Crippen LogP contribution < -0.4 is 10.6 Å². The Hall–Kier alpha value is -4.01. The largest absolute Gasteiger partial charge is 0.352 e. The summed E-state index contributed by atoms with van der Waals surface area (Å²) in [6, 6.07) is 31.9. The maximum Gasteiger partial charge on any atom is 0.226 e. The first-order valence-electron chi connectivity index (χ1n) is 12.8. The van der Waals surface area contributed by atoms with Crippen LogP contribution in [0.25, 0.3) is 16.5 Å². The van der Waals surface area contributed by atoms with Gasteiger partial charge in [-0.15, -0.1) is 0 Å². The molecule has 6 rings (SSSR count). The predicted molar refractivity (Wildman–Crippen MR) is 163 cm³/mol. The number of rotatable bonds is 7. The van der Waals surface area contributed by atoms with Gasteiger partial charge in [0.1, 0.15) is 0 Å². The maximum atomic E-state index is 13.2. The lowest BCUT2D eigenvalue weighted by atomic mass is 10.0. The topological polar surface area (TPSA) is 62.2 Å². The lowest BCUT2D eigenvalue weighted by Crippen LogP contribution is -2.33. The molecule has 2 aromatic heterocycles. The molecular weight excluding hydrogens is 570 g/mol. The van der Waals surface area contributed by atoms with E-state index in [4.69, 9.17) is 12.2 Å². The van der Waals surface area contributed by atoms with Gasteiger partial charge in [0.05, 0.1) is 17.8 Å². The summed E-state index contributed by atoms with van der Waals surface area (Å²) in [7, 11) is 0. The van der Waals surface area contributed by atoms with Crippen LogP contribution >= 0.6 is 28.1 Å². The summed E-state index contributed by atoms with van der Waals surface area (Å²) in [4.78, 5) is 19.9. The minimum Gasteiger partial charge on any atom is -0.352 e. The van der Waals surface area contributed by atoms with Gasteiger partial charge in [0.2, 0.25) is 5.91 Å². The number of carbonyl (C=O) groups excluding carboxylic acids is 1. The Morgan fingerprint density at radius 2 is 1.79 bits per heavy atom. The highest BCUT2D eigenvalue weighted by atomic mass is 79.9. The van der Waals surface area contributed by atoms with Crippen molar-refractivity contribution in [3.8, 4) is 5.69 Å². The van der Waals surface area contributed by atoms with Crippen molar-refractivity contribution < 1.29 is 4.79 Å². The van der Waals surface area contributed by atoms with Crippen LogP contribution in [0.2, 0.25) is 0 Å². The van der Waals surface area contributed by atoms with Crippen molar-refractivity contribution in [3.63, 3.8) is 0 Å². The van der Waals surface area contributed by atoms with E-state index in [2.05, 4.69) is 65.4 Å². The molecule has 0 bridgehead atoms. The van der Waals surface area contributed by atoms with Gasteiger partial charge < -0.3 is 20.1 Å². The number of aromatic nitrogens is 2. The van der Waals surface area contributed by atoms with E-state index in [1.54, 1.807) is 6.20 Å². The number of pyridine rings is 1. The predicted octanol–water partition coefficient (Wildman–Crippen LogP) is 6.79. The minimum absolute atomic E-state index is 0.0587. The lowest BCUT2D eigenvalue weighted by Gasteiger charge is -2.29. The van der Waals surface area contributed by atoms with Crippen LogP contribution in [-0.4, -0.2) is 32.0 Å². The van der Waals surface area contributed by atoms with Crippen molar-refractivity contribution in [2.45, 2.75) is 18.5 Å². The summed E-state index contributed by atoms with van der Waals surface area (Å²) in [5, 5.41) is 9.31. The summed E-state index contributed by atoms with van der Waals surface area (Å²) >= 11 is 9.43. The van der Waals surface area contributed by atoms with Crippen LogP contribution in [0, 0.1) is 0 Å². The van der Waals surface area contributed by atoms with Crippen molar-refractivity contribution in [1.82, 2.24) is 19.8 Å². The molecule has 1 aliphatic heterocycles. The number of halogens is 1. The Morgan fingerprint density at radius 1 is 0.974 bits per heavy atom. The molecule has 1 saturated heterocycles. The smallest absolute Gasteiger partial charge is 0.226 e. The van der Waals surface area contributed by atoms with Gasteiger partial charge >= 0.3 is 0 Å². The number of fused-ring (bicyclic) bond motifs is 1. The monoisotopic (exact) mass is 595 g/mol. The van der Waals surface area contributed by atoms with E-state index in [1.807, 2.05) is 78.9 Å². The van der Waals surface area contributed by atoms with Gasteiger partial charge in [-0.1, -0.05) is 64.5 Å². The first-order chi connectivity index (χ1) is 19.1. The van der Waals surface area contributed by atoms with Gasteiger partial charge in [-0.2, -0.15) is 0 Å². The Kier molecular flexibility index (Phi) is 7.13. The molecule has 3 aromatic carbocycles. The summed E-state index contributed by atoms with van der Waals surface area (Å²) < 4.78 is 3.17. The highest BCUT2D eigenvalue weighted by Crippen LogP contribution is 2.39. The number of amides is 1. The van der Waals surface area contributed by atoms with Crippen LogP contribution in [0.4, 0.5) is 5.69 Å². The minimum atomic E-state index is -0.166. The van der Waals surface area contributed by atoms with Gasteiger partial charge in [-0.3, -0.25) is 9.78 Å². The molecule has 39 heavy (non-hydrogen) atoms. The van der Waals surface area contributed by atoms with Gasteiger partial charge in [0, 0.05) is 52.3 Å². The Labute approximate surface area is 240 Å². The number of thiocarbonyl (C=S) groups is 1. The van der Waals surface area contributed by atoms with Gasteiger partial charge in [-0.25, -0.2) is 0 Å². The van der Waals surface area contributed by atoms with E-state index in [0.29, 0.717) is 11.7 Å². The standard InChI is InChI=1S/C31H26BrN5OS/c32-22-10-6-11-23(20-22)36-18-7-15-27(36)30-29(26-13-3-4-17-33-26)35-31(39)37(30)19-16-28(38)34-25-14-5-9-21-8-1-2-12-24(21)25/h1-15,17-18,20,29-30H,16,19H2,(H,34,38)(H,35,39)/t29-,30-/m0/s1. The highest BCUT2D eigenvalue weighted by Gasteiger charge is 2.41. The van der Waals surface area contributed by atoms with E-state index < -0.39 is 0 Å². The van der Waals surface area contributed by atoms with Crippen LogP contribution in [-0.2, 0) is 4.79 Å². The molecule has 0 unspecified atom stereocenters. The second kappa shape index (κ2) is 11.0. The average molecular weight is 597 g/mol. The fraction of sp³-hybridized carbons (Fsp3) is 0.129. The van der Waals surface area contributed by atoms with Crippen LogP contribution in [0.5, 0.6) is 0 Å². The van der Waals surface area contributed by atoms with Crippen molar-refractivity contribution in [3.05, 3.63) is 125 Å². The second-order valence-electron chi connectivity index (χ2n) is 9.43. The number of anilines is 1. The van der Waals surface area contributed by atoms with Crippen molar-refractivity contribution in [2.24, 2.45) is 0 Å². The van der Waals surface area contributed by atoms with Crippen LogP contribution in [0.15, 0.2) is 114 Å². The van der Waals surface area contributed by atoms with Crippen molar-refractivity contribution in [1.29, 1.82) is 0 Å². The molecule has 6 nitrogen and oxygen atoms in total. The molecule has 1 amide bonds. The van der Waals surface area contributed by atoms with Gasteiger partial charge in [0.15, 0.2) is 5.11 Å². The molecule has 0 aliphatic carbocycles. The third-order valence-electron chi connectivity index (χ3n) is 7.01. The first-order valence-corrected chi connectivity index (χ1v) is 14.0. The van der Waals surface area contributed by atoms with Crippen molar-refractivity contribution in [2.75, 3.05) is 11.9 Å². The molecule has 0 saturated carbocycles. The zero-order valence-electron chi connectivity index (χ0n) is 21.0. The molecule has 5 aromatic rings. The molecule has 194 valence electrons. The maximum absolute atomic E-state index is 13.2. The van der Waals surface area contributed by atoms with Crippen LogP contribution in [0.1, 0.15) is 29.9 Å². The lowest BCUT2D eigenvalue weighted by molar-refractivity contribution is -0.116. The SMILES string of the molecule is O=C(CCN1C(=S)N[C@@H](c2ccccn2)[C@@H]1c1cccn1-c1cccc(Br)c1)Nc1cccc2ccccc12. The number of carbonyl (C=O) groups is 1. The van der Waals surface area contributed by atoms with E-state index in [1.165, 1.54) is 0 Å². The summed E-state index contributed by atoms with van der Waals surface area (Å²) in [6.45, 7) is 0.458. The van der Waals surface area contributed by atoms with E-state index in [-0.39, 0.29) is 24.4 Å². The fourth-order valence-corrected chi connectivity index (χ4v) is 5.95. The molecule has 2 N–H and O–H groups in total. The zero-order valence-corrected chi connectivity index (χ0v) is 23.4. The van der Waals surface area contributed by atoms with Crippen LogP contribution in [0.3, 0.4) is 0 Å². The normalized spacial score (nSPS) is 16.8. The molecule has 8 heteroatoms. The molecule has 1 aliphatic rings. The zero-order chi connectivity index (χ0) is 26.8. The number of nitrogens with one attached hydrogen (secondary N) is 2. The molecule has 0 radical (unpaired) electrons. The third kappa shape index (κ3) is 5.17. The average Bonchev–Trinajstić information content (AvgIpc) is 3.57. The molecule has 2 atom stereocenters. The van der Waals surface area contributed by atoms with Crippen molar-refractivity contribution >= 4 is 55.6 Å². The first kappa shape index (κ1) is 25.3. The number of nitrogens with zero attached hydrogens (tertiary/aromatic N) is 3. The number of hydrogen-bond acceptors (Lipinski definition) is 3. The molecule has 1 fully saturated rings. The summed E-state index contributed by atoms with van der Waals surface area (Å²) in [5.74, 6) is -0.0587. The Bertz CT molecular complexity index is 1650. The molecule has 3 heterocycles.